The highest BCUT2D eigenvalue weighted by atomic mass is 31.2. The van der Waals surface area contributed by atoms with Gasteiger partial charge in [-0.05, 0) is 76.8 Å². The number of esters is 1. The lowest BCUT2D eigenvalue weighted by molar-refractivity contribution is -0.142. The molecule has 3 N–H and O–H groups in total. The Hall–Kier alpha value is -6.05. The van der Waals surface area contributed by atoms with Crippen LogP contribution in [0.15, 0.2) is 113 Å². The van der Waals surface area contributed by atoms with Gasteiger partial charge in [-0.3, -0.25) is 9.36 Å². The van der Waals surface area contributed by atoms with Gasteiger partial charge in [0.05, 0.1) is 11.7 Å². The number of nitrogens with one attached hydrogen (secondary N) is 1. The van der Waals surface area contributed by atoms with Gasteiger partial charge in [0.25, 0.3) is 5.56 Å². The Kier molecular flexibility index (Phi) is 12.4. The number of aromatic nitrogens is 2. The molecule has 2 aliphatic carbocycles. The molecule has 4 aromatic carbocycles. The number of carbonyl (C=O) groups excluding carboxylic acids is 3. The summed E-state index contributed by atoms with van der Waals surface area (Å²) in [6.07, 6.45) is -0.955. The third-order valence-electron chi connectivity index (χ3n) is 12.1. The minimum Gasteiger partial charge on any atom is -0.449 e. The van der Waals surface area contributed by atoms with Crippen LogP contribution in [0.25, 0.3) is 22.3 Å². The first-order valence-electron chi connectivity index (χ1n) is 20.9. The Bertz CT molecular complexity index is 2650. The molecular weight excluding hydrogens is 826 g/mol. The van der Waals surface area contributed by atoms with E-state index in [0.29, 0.717) is 12.6 Å². The number of aryl methyl sites for hydroxylation is 1. The minimum absolute atomic E-state index is 0.0827. The number of rotatable bonds is 13. The molecule has 1 unspecified atom stereocenters. The number of aliphatic hydroxyl groups excluding tert-OH is 2. The van der Waals surface area contributed by atoms with Crippen molar-refractivity contribution in [3.8, 4) is 22.3 Å². The molecule has 5 atom stereocenters. The monoisotopic (exact) mass is 875 g/mol. The third kappa shape index (κ3) is 8.94. The Labute approximate surface area is 364 Å². The first-order chi connectivity index (χ1) is 30.2. The van der Waals surface area contributed by atoms with Gasteiger partial charge >= 0.3 is 23.9 Å². The normalized spacial score (nSPS) is 19.4. The molecule has 0 bridgehead atoms. The van der Waals surface area contributed by atoms with Gasteiger partial charge in [-0.2, -0.15) is 0 Å². The molecular formula is C48H50N3O11P. The van der Waals surface area contributed by atoms with E-state index in [1.165, 1.54) is 13.2 Å². The number of fused-ring (bicyclic) bond motifs is 6. The fourth-order valence-corrected chi connectivity index (χ4v) is 9.88. The number of alkyl carbamates (subject to hydrolysis) is 1. The molecule has 5 aromatic rings. The predicted molar refractivity (Wildman–Crippen MR) is 239 cm³/mol. The summed E-state index contributed by atoms with van der Waals surface area (Å²) in [5.41, 5.74) is 6.21. The van der Waals surface area contributed by atoms with Gasteiger partial charge in [0.1, 0.15) is 37.6 Å². The Morgan fingerprint density at radius 1 is 0.762 bits per heavy atom. The van der Waals surface area contributed by atoms with Gasteiger partial charge < -0.3 is 39.0 Å². The fraction of sp³-hybridized carbons (Fsp3) is 0.333. The summed E-state index contributed by atoms with van der Waals surface area (Å²) < 4.78 is 24.4. The topological polar surface area (TPSA) is 185 Å². The molecule has 1 amide bonds. The van der Waals surface area contributed by atoms with Gasteiger partial charge in [-0.15, -0.1) is 13.2 Å². The van der Waals surface area contributed by atoms with Gasteiger partial charge in [-0.1, -0.05) is 97.1 Å². The van der Waals surface area contributed by atoms with Crippen LogP contribution in [-0.4, -0.2) is 101 Å². The highest BCUT2D eigenvalue weighted by Crippen LogP contribution is 2.46. The molecule has 1 fully saturated rings. The van der Waals surface area contributed by atoms with Crippen LogP contribution in [0, 0.1) is 0 Å². The summed E-state index contributed by atoms with van der Waals surface area (Å²) in [7, 11) is 1.41. The summed E-state index contributed by atoms with van der Waals surface area (Å²) in [4.78, 5) is 68.0. The summed E-state index contributed by atoms with van der Waals surface area (Å²) in [6, 6.07) is 29.5. The highest BCUT2D eigenvalue weighted by Gasteiger charge is 2.45. The second kappa shape index (κ2) is 18.0. The van der Waals surface area contributed by atoms with Crippen molar-refractivity contribution in [2.24, 2.45) is 7.05 Å². The second-order valence-corrected chi connectivity index (χ2v) is 21.3. The molecule has 15 heteroatoms. The molecule has 3 aliphatic rings. The van der Waals surface area contributed by atoms with E-state index in [4.69, 9.17) is 18.9 Å². The first kappa shape index (κ1) is 43.6. The van der Waals surface area contributed by atoms with Crippen molar-refractivity contribution in [2.45, 2.75) is 61.7 Å². The van der Waals surface area contributed by atoms with E-state index in [-0.39, 0.29) is 30.6 Å². The van der Waals surface area contributed by atoms with Crippen molar-refractivity contribution in [1.29, 1.82) is 0 Å². The maximum Gasteiger partial charge on any atom is 0.516 e. The Balaban J connectivity index is 0.998. The maximum atomic E-state index is 14.0. The van der Waals surface area contributed by atoms with Crippen LogP contribution >= 0.6 is 6.89 Å². The van der Waals surface area contributed by atoms with Crippen molar-refractivity contribution in [3.63, 3.8) is 0 Å². The van der Waals surface area contributed by atoms with Gasteiger partial charge in [0, 0.05) is 31.6 Å². The van der Waals surface area contributed by atoms with Crippen molar-refractivity contribution in [3.05, 3.63) is 152 Å². The first-order valence-corrected chi connectivity index (χ1v) is 23.9. The molecule has 1 aliphatic heterocycles. The smallest absolute Gasteiger partial charge is 0.449 e. The van der Waals surface area contributed by atoms with Crippen LogP contribution in [0.5, 0.6) is 0 Å². The molecule has 0 spiro atoms. The van der Waals surface area contributed by atoms with E-state index in [9.17, 15) is 34.2 Å². The number of amides is 1. The summed E-state index contributed by atoms with van der Waals surface area (Å²) >= 11 is 0. The molecule has 328 valence electrons. The van der Waals surface area contributed by atoms with Gasteiger partial charge in [0.15, 0.2) is 0 Å². The lowest BCUT2D eigenvalue weighted by Gasteiger charge is -2.20. The zero-order chi connectivity index (χ0) is 44.6. The number of ether oxygens (including phenoxy) is 4. The minimum atomic E-state index is -1.60. The van der Waals surface area contributed by atoms with E-state index in [1.807, 2.05) is 110 Å². The van der Waals surface area contributed by atoms with Crippen molar-refractivity contribution in [2.75, 3.05) is 32.7 Å². The molecule has 8 rings (SSSR count). The zero-order valence-corrected chi connectivity index (χ0v) is 36.1. The zero-order valence-electron chi connectivity index (χ0n) is 35.2. The van der Waals surface area contributed by atoms with Crippen LogP contribution < -0.4 is 16.6 Å². The fourth-order valence-electron chi connectivity index (χ4n) is 8.93. The standard InChI is InChI=1S/C48H50N3O11P/c1-50-25-36(43-42(53)41(52)40(61-43)22-24-63(2,3)4)44(54)51(47(50)57)23-21-39(49-46(56)59-26-37-32-17-9-5-13-28(32)29-14-6-10-18-33(29)37)45(55)62-48(58)60-27-38-34-19-11-7-15-30(34)31-16-8-12-20-35(31)38/h5-20,25,37-43,52-53H,2,21-24,26-27H2,1,3-4H3,(H,49,56)/t39?,40-,41-,42-,43+/m1/s1. The molecule has 63 heavy (non-hydrogen) atoms. The molecule has 0 radical (unpaired) electrons. The average molecular weight is 876 g/mol. The molecule has 2 heterocycles. The largest absolute Gasteiger partial charge is 0.516 e. The van der Waals surface area contributed by atoms with E-state index in [0.717, 1.165) is 53.6 Å². The van der Waals surface area contributed by atoms with Gasteiger partial charge in [0.2, 0.25) is 0 Å². The van der Waals surface area contributed by atoms with Crippen molar-refractivity contribution >= 4 is 31.4 Å². The van der Waals surface area contributed by atoms with Crippen LogP contribution in [0.1, 0.15) is 58.6 Å². The number of aliphatic hydroxyl groups is 2. The highest BCUT2D eigenvalue weighted by molar-refractivity contribution is 7.72. The number of hydrogen-bond acceptors (Lipinski definition) is 11. The van der Waals surface area contributed by atoms with E-state index < -0.39 is 79.8 Å². The second-order valence-electron chi connectivity index (χ2n) is 17.0. The molecule has 0 saturated carbocycles. The number of nitrogens with zero attached hydrogens (tertiary/aromatic N) is 2. The van der Waals surface area contributed by atoms with E-state index in [2.05, 4.69) is 11.6 Å². The Morgan fingerprint density at radius 2 is 1.25 bits per heavy atom. The summed E-state index contributed by atoms with van der Waals surface area (Å²) in [5.74, 6) is -1.82. The summed E-state index contributed by atoms with van der Waals surface area (Å²) in [5, 5.41) is 24.4. The van der Waals surface area contributed by atoms with Crippen molar-refractivity contribution < 1.29 is 43.5 Å². The summed E-state index contributed by atoms with van der Waals surface area (Å²) in [6.45, 7) is 1.92. The van der Waals surface area contributed by atoms with Crippen LogP contribution in [0.4, 0.5) is 9.59 Å². The van der Waals surface area contributed by atoms with Crippen molar-refractivity contribution in [1.82, 2.24) is 14.5 Å². The quantitative estimate of drug-likeness (QED) is 0.0761. The van der Waals surface area contributed by atoms with Crippen LogP contribution in [0.3, 0.4) is 0 Å². The van der Waals surface area contributed by atoms with Gasteiger partial charge in [-0.25, -0.2) is 19.2 Å². The molecule has 1 aromatic heterocycles. The SMILES string of the molecule is C=P(C)(C)CC[C@H]1O[C@@H](c2cn(C)c(=O)n(CCC(NC(=O)OCC3c4ccccc4-c4ccccc43)C(=O)OC(=O)OCC3c4ccccc4-c4ccccc43)c2=O)[C@H](O)[C@@H]1O. The van der Waals surface area contributed by atoms with E-state index in [1.54, 1.807) is 0 Å². The average Bonchev–Trinajstić information content (AvgIpc) is 3.87. The van der Waals surface area contributed by atoms with Crippen LogP contribution in [0.2, 0.25) is 0 Å². The predicted octanol–water partition coefficient (Wildman–Crippen LogP) is 5.60. The lowest BCUT2D eigenvalue weighted by Crippen LogP contribution is -2.47. The Morgan fingerprint density at radius 3 is 1.76 bits per heavy atom. The number of hydrogen-bond donors (Lipinski definition) is 3. The number of benzene rings is 4. The van der Waals surface area contributed by atoms with E-state index >= 15 is 0 Å². The third-order valence-corrected chi connectivity index (χ3v) is 13.6. The molecule has 14 nitrogen and oxygen atoms in total. The maximum absolute atomic E-state index is 14.0. The number of carbonyl (C=O) groups is 3. The lowest BCUT2D eigenvalue weighted by atomic mass is 9.98. The van der Waals surface area contributed by atoms with Crippen LogP contribution in [-0.2, 0) is 37.3 Å². The molecule has 1 saturated heterocycles.